The molecule has 0 spiro atoms. The van der Waals surface area contributed by atoms with Gasteiger partial charge in [-0.3, -0.25) is 4.79 Å². The molecular weight excluding hydrogens is 348 g/mol. The van der Waals surface area contributed by atoms with E-state index in [1.807, 2.05) is 54.6 Å². The van der Waals surface area contributed by atoms with Gasteiger partial charge in [0.2, 0.25) is 0 Å². The maximum atomic E-state index is 12.2. The SMILES string of the molecule is CC(=NNC(=O)c1cc(Cl)ccc1O)c1ccc(-c2ccccc2)cc1. The minimum atomic E-state index is -0.523. The Hall–Kier alpha value is -3.11. The topological polar surface area (TPSA) is 61.7 Å². The summed E-state index contributed by atoms with van der Waals surface area (Å²) in [6.07, 6.45) is 0. The van der Waals surface area contributed by atoms with Crippen LogP contribution in [-0.2, 0) is 0 Å². The van der Waals surface area contributed by atoms with Crippen LogP contribution in [0.5, 0.6) is 5.75 Å². The predicted octanol–water partition coefficient (Wildman–Crippen LogP) is 4.87. The molecule has 0 atom stereocenters. The molecule has 2 N–H and O–H groups in total. The Balaban J connectivity index is 1.73. The molecule has 26 heavy (non-hydrogen) atoms. The number of rotatable bonds is 4. The van der Waals surface area contributed by atoms with E-state index in [0.29, 0.717) is 10.7 Å². The molecule has 0 fully saturated rings. The lowest BCUT2D eigenvalue weighted by Crippen LogP contribution is -2.19. The quantitative estimate of drug-likeness (QED) is 0.512. The van der Waals surface area contributed by atoms with Gasteiger partial charge in [0.1, 0.15) is 5.75 Å². The fraction of sp³-hybridized carbons (Fsp3) is 0.0476. The third-order valence-corrected chi connectivity index (χ3v) is 4.17. The van der Waals surface area contributed by atoms with Gasteiger partial charge < -0.3 is 5.11 Å². The van der Waals surface area contributed by atoms with Crippen LogP contribution in [0.1, 0.15) is 22.8 Å². The number of nitrogens with one attached hydrogen (secondary N) is 1. The number of halogens is 1. The number of nitrogens with zero attached hydrogens (tertiary/aromatic N) is 1. The molecule has 0 radical (unpaired) electrons. The van der Waals surface area contributed by atoms with E-state index in [-0.39, 0.29) is 11.3 Å². The second kappa shape index (κ2) is 7.85. The summed E-state index contributed by atoms with van der Waals surface area (Å²) in [7, 11) is 0. The van der Waals surface area contributed by atoms with Crippen LogP contribution in [0.4, 0.5) is 0 Å². The Morgan fingerprint density at radius 1 is 0.962 bits per heavy atom. The van der Waals surface area contributed by atoms with E-state index < -0.39 is 5.91 Å². The highest BCUT2D eigenvalue weighted by molar-refractivity contribution is 6.31. The van der Waals surface area contributed by atoms with Crippen molar-refractivity contribution in [3.05, 3.63) is 88.9 Å². The van der Waals surface area contributed by atoms with Crippen LogP contribution in [-0.4, -0.2) is 16.7 Å². The van der Waals surface area contributed by atoms with Crippen LogP contribution in [0.2, 0.25) is 5.02 Å². The van der Waals surface area contributed by atoms with Gasteiger partial charge in [0.15, 0.2) is 0 Å². The number of hydrogen-bond acceptors (Lipinski definition) is 3. The Bertz CT molecular complexity index is 952. The van der Waals surface area contributed by atoms with Crippen molar-refractivity contribution in [3.63, 3.8) is 0 Å². The lowest BCUT2D eigenvalue weighted by molar-refractivity contribution is 0.0952. The van der Waals surface area contributed by atoms with E-state index in [0.717, 1.165) is 16.7 Å². The van der Waals surface area contributed by atoms with Gasteiger partial charge in [0.25, 0.3) is 5.91 Å². The van der Waals surface area contributed by atoms with Crippen molar-refractivity contribution in [1.29, 1.82) is 0 Å². The highest BCUT2D eigenvalue weighted by Crippen LogP contribution is 2.21. The van der Waals surface area contributed by atoms with Crippen molar-refractivity contribution in [1.82, 2.24) is 5.43 Å². The summed E-state index contributed by atoms with van der Waals surface area (Å²) < 4.78 is 0. The van der Waals surface area contributed by atoms with Crippen LogP contribution in [0, 0.1) is 0 Å². The van der Waals surface area contributed by atoms with Gasteiger partial charge in [0, 0.05) is 5.02 Å². The third kappa shape index (κ3) is 4.10. The summed E-state index contributed by atoms with van der Waals surface area (Å²) in [6, 6.07) is 22.3. The first-order valence-electron chi connectivity index (χ1n) is 8.03. The van der Waals surface area contributed by atoms with Crippen LogP contribution < -0.4 is 5.43 Å². The third-order valence-electron chi connectivity index (χ3n) is 3.94. The Labute approximate surface area is 156 Å². The number of amides is 1. The average Bonchev–Trinajstić information content (AvgIpc) is 2.68. The summed E-state index contributed by atoms with van der Waals surface area (Å²) in [5, 5.41) is 14.2. The molecule has 0 aliphatic rings. The summed E-state index contributed by atoms with van der Waals surface area (Å²) in [6.45, 7) is 1.80. The molecule has 0 aliphatic carbocycles. The van der Waals surface area contributed by atoms with E-state index >= 15 is 0 Å². The normalized spacial score (nSPS) is 11.2. The highest BCUT2D eigenvalue weighted by atomic mass is 35.5. The van der Waals surface area contributed by atoms with E-state index in [2.05, 4.69) is 10.5 Å². The molecule has 0 bridgehead atoms. The molecular formula is C21H17ClN2O2. The van der Waals surface area contributed by atoms with Gasteiger partial charge in [-0.15, -0.1) is 0 Å². The molecule has 130 valence electrons. The number of benzene rings is 3. The molecule has 4 nitrogen and oxygen atoms in total. The average molecular weight is 365 g/mol. The zero-order chi connectivity index (χ0) is 18.5. The van der Waals surface area contributed by atoms with Crippen LogP contribution in [0.25, 0.3) is 11.1 Å². The minimum Gasteiger partial charge on any atom is -0.507 e. The van der Waals surface area contributed by atoms with Crippen molar-refractivity contribution >= 4 is 23.2 Å². The van der Waals surface area contributed by atoms with E-state index in [1.54, 1.807) is 6.92 Å². The van der Waals surface area contributed by atoms with Gasteiger partial charge >= 0.3 is 0 Å². The predicted molar refractivity (Wildman–Crippen MR) is 105 cm³/mol. The van der Waals surface area contributed by atoms with Gasteiger partial charge in [-0.05, 0) is 41.8 Å². The van der Waals surface area contributed by atoms with Crippen molar-refractivity contribution in [3.8, 4) is 16.9 Å². The second-order valence-electron chi connectivity index (χ2n) is 5.74. The Morgan fingerprint density at radius 3 is 2.31 bits per heavy atom. The second-order valence-corrected chi connectivity index (χ2v) is 6.18. The van der Waals surface area contributed by atoms with Crippen LogP contribution >= 0.6 is 11.6 Å². The zero-order valence-corrected chi connectivity index (χ0v) is 14.9. The summed E-state index contributed by atoms with van der Waals surface area (Å²) in [5.41, 5.74) is 6.30. The standard InChI is InChI=1S/C21H17ClN2O2/c1-14(23-24-21(26)19-13-18(22)11-12-20(19)25)15-7-9-17(10-8-15)16-5-3-2-4-6-16/h2-13,25H,1H3,(H,24,26). The molecule has 5 heteroatoms. The molecule has 3 rings (SSSR count). The number of carbonyl (C=O) groups excluding carboxylic acids is 1. The van der Waals surface area contributed by atoms with Crippen LogP contribution in [0.15, 0.2) is 77.9 Å². The maximum Gasteiger partial charge on any atom is 0.275 e. The van der Waals surface area contributed by atoms with E-state index in [9.17, 15) is 9.90 Å². The fourth-order valence-electron chi connectivity index (χ4n) is 2.48. The molecule has 0 saturated heterocycles. The molecule has 0 saturated carbocycles. The molecule has 0 aromatic heterocycles. The fourth-order valence-corrected chi connectivity index (χ4v) is 2.66. The van der Waals surface area contributed by atoms with Crippen molar-refractivity contribution < 1.29 is 9.90 Å². The number of carbonyl (C=O) groups is 1. The van der Waals surface area contributed by atoms with Gasteiger partial charge in [-0.25, -0.2) is 5.43 Å². The Kier molecular flexibility index (Phi) is 5.34. The first kappa shape index (κ1) is 17.7. The van der Waals surface area contributed by atoms with Crippen LogP contribution in [0.3, 0.4) is 0 Å². The smallest absolute Gasteiger partial charge is 0.275 e. The molecule has 0 heterocycles. The molecule has 3 aromatic carbocycles. The van der Waals surface area contributed by atoms with Crippen molar-refractivity contribution in [2.24, 2.45) is 5.10 Å². The van der Waals surface area contributed by atoms with Crippen molar-refractivity contribution in [2.75, 3.05) is 0 Å². The zero-order valence-electron chi connectivity index (χ0n) is 14.1. The first-order valence-corrected chi connectivity index (χ1v) is 8.41. The largest absolute Gasteiger partial charge is 0.507 e. The summed E-state index contributed by atoms with van der Waals surface area (Å²) in [4.78, 5) is 12.2. The highest BCUT2D eigenvalue weighted by Gasteiger charge is 2.11. The van der Waals surface area contributed by atoms with E-state index in [4.69, 9.17) is 11.6 Å². The number of hydrazone groups is 1. The van der Waals surface area contributed by atoms with Gasteiger partial charge in [-0.1, -0.05) is 66.2 Å². The maximum absolute atomic E-state index is 12.2. The summed E-state index contributed by atoms with van der Waals surface area (Å²) in [5.74, 6) is -0.669. The lowest BCUT2D eigenvalue weighted by atomic mass is 10.0. The minimum absolute atomic E-state index is 0.0773. The molecule has 0 aliphatic heterocycles. The monoisotopic (exact) mass is 364 g/mol. The Morgan fingerprint density at radius 2 is 1.62 bits per heavy atom. The van der Waals surface area contributed by atoms with E-state index in [1.165, 1.54) is 18.2 Å². The first-order chi connectivity index (χ1) is 12.5. The number of phenolic OH excluding ortho intramolecular Hbond substituents is 1. The number of hydrogen-bond donors (Lipinski definition) is 2. The van der Waals surface area contributed by atoms with Gasteiger partial charge in [-0.2, -0.15) is 5.10 Å². The number of phenols is 1. The van der Waals surface area contributed by atoms with Gasteiger partial charge in [0.05, 0.1) is 11.3 Å². The van der Waals surface area contributed by atoms with Crippen molar-refractivity contribution in [2.45, 2.75) is 6.92 Å². The number of aromatic hydroxyl groups is 1. The lowest BCUT2D eigenvalue weighted by Gasteiger charge is -2.06. The molecule has 0 unspecified atom stereocenters. The molecule has 1 amide bonds. The summed E-state index contributed by atoms with van der Waals surface area (Å²) >= 11 is 5.86. The molecule has 3 aromatic rings.